The van der Waals surface area contributed by atoms with E-state index in [1.165, 1.54) is 12.8 Å². The molecule has 1 aliphatic heterocycles. The molecule has 0 radical (unpaired) electrons. The van der Waals surface area contributed by atoms with Crippen LogP contribution >= 0.6 is 0 Å². The Hall–Kier alpha value is -0.200. The molecule has 0 N–H and O–H groups in total. The van der Waals surface area contributed by atoms with E-state index in [0.29, 0.717) is 13.2 Å². The van der Waals surface area contributed by atoms with Crippen LogP contribution in [0.25, 0.3) is 0 Å². The van der Waals surface area contributed by atoms with Crippen LogP contribution < -0.4 is 0 Å². The summed E-state index contributed by atoms with van der Waals surface area (Å²) in [6.07, 6.45) is 5.38. The van der Waals surface area contributed by atoms with Gasteiger partial charge in [0.2, 0.25) is 0 Å². The van der Waals surface area contributed by atoms with Crippen molar-refractivity contribution in [1.82, 2.24) is 4.90 Å². The minimum Gasteiger partial charge on any atom is -0.373 e. The van der Waals surface area contributed by atoms with Gasteiger partial charge < -0.3 is 23.8 Å². The number of hydrogen-bond donors (Lipinski definition) is 0. The molecule has 0 bridgehead atoms. The smallest absolute Gasteiger partial charge is 0.163 e. The summed E-state index contributed by atoms with van der Waals surface area (Å²) in [6.45, 7) is 14.8. The van der Waals surface area contributed by atoms with Crippen LogP contribution in [0.3, 0.4) is 0 Å². The third kappa shape index (κ3) is 9.65. The Balaban J connectivity index is 2.80. The molecule has 0 saturated carbocycles. The van der Waals surface area contributed by atoms with E-state index in [1.54, 1.807) is 0 Å². The highest BCUT2D eigenvalue weighted by atomic mass is 16.8. The van der Waals surface area contributed by atoms with Crippen LogP contribution in [-0.2, 0) is 18.9 Å². The molecule has 1 fully saturated rings. The van der Waals surface area contributed by atoms with E-state index in [0.717, 1.165) is 25.8 Å². The zero-order chi connectivity index (χ0) is 19.8. The fourth-order valence-electron chi connectivity index (χ4n) is 3.27. The van der Waals surface area contributed by atoms with Gasteiger partial charge in [0.25, 0.3) is 0 Å². The number of rotatable bonds is 12. The van der Waals surface area contributed by atoms with Gasteiger partial charge in [-0.3, -0.25) is 0 Å². The Bertz CT molecular complexity index is 379. The second kappa shape index (κ2) is 11.0. The topological polar surface area (TPSA) is 40.2 Å². The molecule has 1 saturated heterocycles. The van der Waals surface area contributed by atoms with Crippen molar-refractivity contribution in [2.24, 2.45) is 0 Å². The van der Waals surface area contributed by atoms with Gasteiger partial charge in [-0.05, 0) is 68.1 Å². The van der Waals surface area contributed by atoms with Gasteiger partial charge in [0.05, 0.1) is 18.3 Å². The van der Waals surface area contributed by atoms with Crippen molar-refractivity contribution in [1.29, 1.82) is 0 Å². The lowest BCUT2D eigenvalue weighted by molar-refractivity contribution is -0.191. The SMILES string of the molecule is CCCCCC(OC(C)(C)C)C(OCCCN(C)C)C1COC(C)(C)O1. The number of hydrogen-bond acceptors (Lipinski definition) is 5. The first kappa shape index (κ1) is 23.8. The molecule has 26 heavy (non-hydrogen) atoms. The number of ether oxygens (including phenoxy) is 4. The summed E-state index contributed by atoms with van der Waals surface area (Å²) in [5, 5.41) is 0. The summed E-state index contributed by atoms with van der Waals surface area (Å²) < 4.78 is 24.8. The van der Waals surface area contributed by atoms with Crippen molar-refractivity contribution in [3.05, 3.63) is 0 Å². The molecule has 5 heteroatoms. The molecule has 3 unspecified atom stereocenters. The molecule has 156 valence electrons. The van der Waals surface area contributed by atoms with Crippen molar-refractivity contribution >= 4 is 0 Å². The lowest BCUT2D eigenvalue weighted by Gasteiger charge is -2.36. The van der Waals surface area contributed by atoms with E-state index in [9.17, 15) is 0 Å². The van der Waals surface area contributed by atoms with Gasteiger partial charge in [-0.25, -0.2) is 0 Å². The van der Waals surface area contributed by atoms with Crippen molar-refractivity contribution in [3.63, 3.8) is 0 Å². The summed E-state index contributed by atoms with van der Waals surface area (Å²) in [4.78, 5) is 2.18. The molecule has 0 spiro atoms. The normalized spacial score (nSPS) is 22.7. The van der Waals surface area contributed by atoms with Crippen LogP contribution in [0.4, 0.5) is 0 Å². The predicted molar refractivity (Wildman–Crippen MR) is 107 cm³/mol. The van der Waals surface area contributed by atoms with Gasteiger partial charge in [-0.15, -0.1) is 0 Å². The predicted octanol–water partition coefficient (Wildman–Crippen LogP) is 4.24. The molecule has 3 atom stereocenters. The highest BCUT2D eigenvalue weighted by Crippen LogP contribution is 2.30. The largest absolute Gasteiger partial charge is 0.373 e. The zero-order valence-electron chi connectivity index (χ0n) is 18.5. The van der Waals surface area contributed by atoms with E-state index in [4.69, 9.17) is 18.9 Å². The number of nitrogens with zero attached hydrogens (tertiary/aromatic N) is 1. The average molecular weight is 374 g/mol. The Morgan fingerprint density at radius 1 is 1.15 bits per heavy atom. The number of unbranched alkanes of at least 4 members (excludes halogenated alkanes) is 2. The van der Waals surface area contributed by atoms with E-state index in [1.807, 2.05) is 13.8 Å². The van der Waals surface area contributed by atoms with Crippen LogP contribution in [0, 0.1) is 0 Å². The Morgan fingerprint density at radius 2 is 1.85 bits per heavy atom. The maximum atomic E-state index is 6.43. The summed E-state index contributed by atoms with van der Waals surface area (Å²) in [7, 11) is 4.17. The zero-order valence-corrected chi connectivity index (χ0v) is 18.5. The summed E-state index contributed by atoms with van der Waals surface area (Å²) in [5.74, 6) is -0.550. The summed E-state index contributed by atoms with van der Waals surface area (Å²) in [6, 6.07) is 0. The molecule has 5 nitrogen and oxygen atoms in total. The molecule has 1 heterocycles. The van der Waals surface area contributed by atoms with Crippen LogP contribution in [0.2, 0.25) is 0 Å². The Kier molecular flexibility index (Phi) is 10.0. The fourth-order valence-corrected chi connectivity index (χ4v) is 3.27. The van der Waals surface area contributed by atoms with Gasteiger partial charge in [-0.1, -0.05) is 26.2 Å². The van der Waals surface area contributed by atoms with Gasteiger partial charge in [0.15, 0.2) is 5.79 Å². The molecule has 0 aromatic carbocycles. The van der Waals surface area contributed by atoms with Crippen LogP contribution in [0.1, 0.15) is 73.6 Å². The monoisotopic (exact) mass is 373 g/mol. The third-order valence-corrected chi connectivity index (χ3v) is 4.42. The Morgan fingerprint density at radius 3 is 2.35 bits per heavy atom. The van der Waals surface area contributed by atoms with Gasteiger partial charge in [0.1, 0.15) is 12.2 Å². The third-order valence-electron chi connectivity index (χ3n) is 4.42. The molecule has 0 aromatic heterocycles. The maximum absolute atomic E-state index is 6.43. The van der Waals surface area contributed by atoms with Crippen molar-refractivity contribution in [2.75, 3.05) is 33.9 Å². The van der Waals surface area contributed by atoms with Crippen molar-refractivity contribution < 1.29 is 18.9 Å². The maximum Gasteiger partial charge on any atom is 0.163 e. The minimum atomic E-state index is -0.550. The van der Waals surface area contributed by atoms with Gasteiger partial charge in [0, 0.05) is 6.61 Å². The van der Waals surface area contributed by atoms with Gasteiger partial charge >= 0.3 is 0 Å². The molecule has 0 amide bonds. The molecular formula is C21H43NO4. The van der Waals surface area contributed by atoms with E-state index in [2.05, 4.69) is 46.7 Å². The standard InChI is InChI=1S/C21H43NO4/c1-9-10-11-13-17(25-20(2,3)4)19(23-15-12-14-22(7)8)18-16-24-21(5,6)26-18/h17-19H,9-16H2,1-8H3. The van der Waals surface area contributed by atoms with Gasteiger partial charge in [-0.2, -0.15) is 0 Å². The summed E-state index contributed by atoms with van der Waals surface area (Å²) >= 11 is 0. The van der Waals surface area contributed by atoms with Crippen molar-refractivity contribution in [3.8, 4) is 0 Å². The molecule has 0 aliphatic carbocycles. The molecule has 1 aliphatic rings. The molecule has 0 aromatic rings. The fraction of sp³-hybridized carbons (Fsp3) is 1.00. The molecular weight excluding hydrogens is 330 g/mol. The second-order valence-electron chi connectivity index (χ2n) is 9.12. The average Bonchev–Trinajstić information content (AvgIpc) is 2.85. The lowest BCUT2D eigenvalue weighted by Crippen LogP contribution is -2.46. The van der Waals surface area contributed by atoms with E-state index < -0.39 is 5.79 Å². The van der Waals surface area contributed by atoms with Crippen LogP contribution in [0.15, 0.2) is 0 Å². The first-order chi connectivity index (χ1) is 12.0. The van der Waals surface area contributed by atoms with E-state index >= 15 is 0 Å². The highest BCUT2D eigenvalue weighted by molar-refractivity contribution is 4.86. The summed E-state index contributed by atoms with van der Waals surface area (Å²) in [5.41, 5.74) is -0.211. The second-order valence-corrected chi connectivity index (χ2v) is 9.12. The van der Waals surface area contributed by atoms with Crippen molar-refractivity contribution in [2.45, 2.75) is 103 Å². The Labute approximate surface area is 161 Å². The molecule has 1 rings (SSSR count). The van der Waals surface area contributed by atoms with Crippen LogP contribution in [0.5, 0.6) is 0 Å². The quantitative estimate of drug-likeness (QED) is 0.479. The first-order valence-corrected chi connectivity index (χ1v) is 10.3. The van der Waals surface area contributed by atoms with E-state index in [-0.39, 0.29) is 23.9 Å². The first-order valence-electron chi connectivity index (χ1n) is 10.3. The lowest BCUT2D eigenvalue weighted by atomic mass is 10.00. The highest BCUT2D eigenvalue weighted by Gasteiger charge is 2.42. The van der Waals surface area contributed by atoms with Crippen LogP contribution in [-0.4, -0.2) is 68.5 Å². The minimum absolute atomic E-state index is 0.0170.